The second-order valence-electron chi connectivity index (χ2n) is 4.62. The first kappa shape index (κ1) is 15.5. The van der Waals surface area contributed by atoms with Crippen molar-refractivity contribution in [2.75, 3.05) is 0 Å². The highest BCUT2D eigenvalue weighted by Crippen LogP contribution is 2.36. The maximum Gasteiger partial charge on any atom is 0.0931 e. The third-order valence-electron chi connectivity index (χ3n) is 3.14. The van der Waals surface area contributed by atoms with E-state index in [4.69, 9.17) is 23.2 Å². The van der Waals surface area contributed by atoms with Gasteiger partial charge in [-0.3, -0.25) is 5.32 Å². The van der Waals surface area contributed by atoms with Crippen LogP contribution in [0.5, 0.6) is 0 Å². The largest absolute Gasteiger partial charge is 0.297 e. The quantitative estimate of drug-likeness (QED) is 0.529. The van der Waals surface area contributed by atoms with Gasteiger partial charge in [0, 0.05) is 20.7 Å². The van der Waals surface area contributed by atoms with Crippen LogP contribution in [-0.2, 0) is 0 Å². The summed E-state index contributed by atoms with van der Waals surface area (Å²) in [6, 6.07) is 12.7. The Labute approximate surface area is 146 Å². The standard InChI is InChI=1S/C15H13Cl2NS3/c1-9(10-4-6-13(16)20-10)18-15(11-3-2-8-19-11)12-5-7-14(17)21-12/h2-9,15,18H,1H3. The maximum absolute atomic E-state index is 6.10. The molecule has 0 aliphatic heterocycles. The van der Waals surface area contributed by atoms with Crippen LogP contribution in [0.15, 0.2) is 41.8 Å². The Morgan fingerprint density at radius 1 is 0.905 bits per heavy atom. The molecule has 3 aromatic heterocycles. The van der Waals surface area contributed by atoms with Gasteiger partial charge in [0.25, 0.3) is 0 Å². The summed E-state index contributed by atoms with van der Waals surface area (Å²) in [5, 5.41) is 5.80. The van der Waals surface area contributed by atoms with E-state index in [0.29, 0.717) is 0 Å². The summed E-state index contributed by atoms with van der Waals surface area (Å²) in [5.74, 6) is 0. The Balaban J connectivity index is 1.86. The molecule has 0 amide bonds. The van der Waals surface area contributed by atoms with E-state index in [1.807, 2.05) is 12.1 Å². The molecule has 2 unspecified atom stereocenters. The molecule has 3 heterocycles. The van der Waals surface area contributed by atoms with E-state index in [-0.39, 0.29) is 12.1 Å². The number of hydrogen-bond donors (Lipinski definition) is 1. The van der Waals surface area contributed by atoms with Crippen molar-refractivity contribution in [2.45, 2.75) is 19.0 Å². The smallest absolute Gasteiger partial charge is 0.0931 e. The van der Waals surface area contributed by atoms with Crippen LogP contribution in [0.1, 0.15) is 33.6 Å². The summed E-state index contributed by atoms with van der Waals surface area (Å²) in [4.78, 5) is 3.77. The second kappa shape index (κ2) is 6.82. The lowest BCUT2D eigenvalue weighted by molar-refractivity contribution is 0.533. The van der Waals surface area contributed by atoms with Gasteiger partial charge in [-0.2, -0.15) is 0 Å². The highest BCUT2D eigenvalue weighted by atomic mass is 35.5. The predicted molar refractivity (Wildman–Crippen MR) is 96.4 cm³/mol. The zero-order valence-corrected chi connectivity index (χ0v) is 15.1. The molecule has 21 heavy (non-hydrogen) atoms. The van der Waals surface area contributed by atoms with Gasteiger partial charge in [-0.1, -0.05) is 29.3 Å². The maximum atomic E-state index is 6.10. The van der Waals surface area contributed by atoms with Crippen LogP contribution in [0.3, 0.4) is 0 Å². The average Bonchev–Trinajstić information content (AvgIpc) is 3.17. The normalized spacial score (nSPS) is 14.2. The van der Waals surface area contributed by atoms with Gasteiger partial charge < -0.3 is 0 Å². The molecule has 6 heteroatoms. The lowest BCUT2D eigenvalue weighted by Gasteiger charge is -2.21. The molecule has 0 radical (unpaired) electrons. The summed E-state index contributed by atoms with van der Waals surface area (Å²) in [6.45, 7) is 2.16. The summed E-state index contributed by atoms with van der Waals surface area (Å²) in [7, 11) is 0. The van der Waals surface area contributed by atoms with E-state index < -0.39 is 0 Å². The molecular weight excluding hydrogens is 361 g/mol. The van der Waals surface area contributed by atoms with Crippen LogP contribution in [-0.4, -0.2) is 0 Å². The van der Waals surface area contributed by atoms with Crippen molar-refractivity contribution in [3.8, 4) is 0 Å². The molecule has 0 aliphatic rings. The van der Waals surface area contributed by atoms with Crippen molar-refractivity contribution in [1.29, 1.82) is 0 Å². The first-order valence-electron chi connectivity index (χ1n) is 6.43. The monoisotopic (exact) mass is 373 g/mol. The fraction of sp³-hybridized carbons (Fsp3) is 0.200. The molecule has 3 rings (SSSR count). The number of hydrogen-bond acceptors (Lipinski definition) is 4. The molecule has 0 aliphatic carbocycles. The molecule has 0 spiro atoms. The summed E-state index contributed by atoms with van der Waals surface area (Å²) >= 11 is 17.1. The first-order valence-corrected chi connectivity index (χ1v) is 9.70. The minimum absolute atomic E-state index is 0.165. The summed E-state index contributed by atoms with van der Waals surface area (Å²) < 4.78 is 1.64. The topological polar surface area (TPSA) is 12.0 Å². The van der Waals surface area contributed by atoms with Crippen LogP contribution in [0, 0.1) is 0 Å². The van der Waals surface area contributed by atoms with Crippen molar-refractivity contribution < 1.29 is 0 Å². The van der Waals surface area contributed by atoms with Crippen LogP contribution >= 0.6 is 57.2 Å². The van der Waals surface area contributed by atoms with Gasteiger partial charge in [0.2, 0.25) is 0 Å². The number of halogens is 2. The Hall–Kier alpha value is -0.360. The molecule has 0 aromatic carbocycles. The SMILES string of the molecule is CC(NC(c1cccs1)c1ccc(Cl)s1)c1ccc(Cl)s1. The summed E-state index contributed by atoms with van der Waals surface area (Å²) in [6.07, 6.45) is 0. The zero-order valence-electron chi connectivity index (χ0n) is 11.2. The Morgan fingerprint density at radius 2 is 1.57 bits per heavy atom. The van der Waals surface area contributed by atoms with Crippen molar-refractivity contribution in [3.05, 3.63) is 65.1 Å². The van der Waals surface area contributed by atoms with E-state index in [1.54, 1.807) is 34.0 Å². The van der Waals surface area contributed by atoms with Crippen molar-refractivity contribution in [2.24, 2.45) is 0 Å². The number of nitrogens with one attached hydrogen (secondary N) is 1. The third-order valence-corrected chi connectivity index (χ3v) is 6.79. The van der Waals surface area contributed by atoms with E-state index in [9.17, 15) is 0 Å². The highest BCUT2D eigenvalue weighted by molar-refractivity contribution is 7.16. The lowest BCUT2D eigenvalue weighted by atomic mass is 10.1. The van der Waals surface area contributed by atoms with Gasteiger partial charge in [-0.15, -0.1) is 34.0 Å². The van der Waals surface area contributed by atoms with E-state index >= 15 is 0 Å². The molecule has 0 saturated heterocycles. The minimum atomic E-state index is 0.165. The highest BCUT2D eigenvalue weighted by Gasteiger charge is 2.20. The number of rotatable bonds is 5. The molecule has 0 saturated carbocycles. The van der Waals surface area contributed by atoms with E-state index in [1.165, 1.54) is 14.6 Å². The average molecular weight is 374 g/mol. The lowest BCUT2D eigenvalue weighted by Crippen LogP contribution is -2.23. The van der Waals surface area contributed by atoms with Crippen LogP contribution < -0.4 is 5.32 Å². The third kappa shape index (κ3) is 3.70. The first-order chi connectivity index (χ1) is 10.1. The van der Waals surface area contributed by atoms with Crippen molar-refractivity contribution >= 4 is 57.2 Å². The molecule has 1 nitrogen and oxygen atoms in total. The van der Waals surface area contributed by atoms with Crippen LogP contribution in [0.2, 0.25) is 8.67 Å². The van der Waals surface area contributed by atoms with Gasteiger partial charge >= 0.3 is 0 Å². The Bertz CT molecular complexity index is 702. The fourth-order valence-electron chi connectivity index (χ4n) is 2.14. The molecule has 110 valence electrons. The summed E-state index contributed by atoms with van der Waals surface area (Å²) in [5.41, 5.74) is 0. The van der Waals surface area contributed by atoms with E-state index in [0.717, 1.165) is 8.67 Å². The molecule has 2 atom stereocenters. The predicted octanol–water partition coefficient (Wildman–Crippen LogP) is 6.62. The van der Waals surface area contributed by atoms with Gasteiger partial charge in [-0.25, -0.2) is 0 Å². The van der Waals surface area contributed by atoms with Gasteiger partial charge in [0.1, 0.15) is 0 Å². The van der Waals surface area contributed by atoms with E-state index in [2.05, 4.69) is 41.9 Å². The Morgan fingerprint density at radius 3 is 2.10 bits per heavy atom. The molecular formula is C15H13Cl2NS3. The van der Waals surface area contributed by atoms with Crippen LogP contribution in [0.4, 0.5) is 0 Å². The van der Waals surface area contributed by atoms with Crippen molar-refractivity contribution in [1.82, 2.24) is 5.32 Å². The molecule has 0 bridgehead atoms. The second-order valence-corrected chi connectivity index (χ2v) is 9.09. The Kier molecular flexibility index (Phi) is 5.04. The van der Waals surface area contributed by atoms with Gasteiger partial charge in [0.15, 0.2) is 0 Å². The van der Waals surface area contributed by atoms with Crippen molar-refractivity contribution in [3.63, 3.8) is 0 Å². The fourth-order valence-corrected chi connectivity index (χ4v) is 5.23. The van der Waals surface area contributed by atoms with Gasteiger partial charge in [-0.05, 0) is 42.6 Å². The molecule has 0 fully saturated rings. The zero-order chi connectivity index (χ0) is 14.8. The molecule has 1 N–H and O–H groups in total. The number of thiophene rings is 3. The minimum Gasteiger partial charge on any atom is -0.297 e. The molecule has 3 aromatic rings. The van der Waals surface area contributed by atoms with Crippen LogP contribution in [0.25, 0.3) is 0 Å². The van der Waals surface area contributed by atoms with Gasteiger partial charge in [0.05, 0.1) is 14.7 Å².